The van der Waals surface area contributed by atoms with Gasteiger partial charge in [0.15, 0.2) is 0 Å². The van der Waals surface area contributed by atoms with E-state index in [1.807, 2.05) is 23.3 Å². The van der Waals surface area contributed by atoms with Crippen LogP contribution in [0.4, 0.5) is 5.82 Å². The summed E-state index contributed by atoms with van der Waals surface area (Å²) in [5.41, 5.74) is 9.17. The number of hydrogen-bond acceptors (Lipinski definition) is 5. The zero-order valence-electron chi connectivity index (χ0n) is 17.0. The molecule has 2 N–H and O–H groups in total. The monoisotopic (exact) mass is 415 g/mol. The molecule has 8 heteroatoms. The van der Waals surface area contributed by atoms with Gasteiger partial charge in [-0.25, -0.2) is 0 Å². The molecule has 1 aromatic heterocycles. The number of nitriles is 1. The topological polar surface area (TPSA) is 87.5 Å². The minimum Gasteiger partial charge on any atom is -0.496 e. The van der Waals surface area contributed by atoms with Crippen LogP contribution in [0, 0.1) is 25.2 Å². The molecular weight excluding hydrogens is 390 g/mol. The molecule has 1 aliphatic rings. The first-order valence-corrected chi connectivity index (χ1v) is 9.95. The van der Waals surface area contributed by atoms with Gasteiger partial charge in [-0.15, -0.1) is 0 Å². The number of halogens is 1. The quantitative estimate of drug-likeness (QED) is 0.811. The van der Waals surface area contributed by atoms with Crippen molar-refractivity contribution in [1.29, 1.82) is 5.26 Å². The summed E-state index contributed by atoms with van der Waals surface area (Å²) in [6.07, 6.45) is 0. The Balaban J connectivity index is 1.60. The van der Waals surface area contributed by atoms with E-state index in [4.69, 9.17) is 22.1 Å². The zero-order chi connectivity index (χ0) is 21.1. The van der Waals surface area contributed by atoms with Crippen LogP contribution in [0.1, 0.15) is 27.2 Å². The van der Waals surface area contributed by atoms with Crippen molar-refractivity contribution in [3.05, 3.63) is 45.6 Å². The lowest BCUT2D eigenvalue weighted by Crippen LogP contribution is -2.49. The predicted octanol–water partition coefficient (Wildman–Crippen LogP) is 2.68. The van der Waals surface area contributed by atoms with Crippen LogP contribution in [0.3, 0.4) is 0 Å². The number of nitrogens with two attached hydrogens (primary N) is 1. The van der Waals surface area contributed by atoms with Crippen molar-refractivity contribution in [2.24, 2.45) is 0 Å². The molecule has 2 heterocycles. The molecule has 1 saturated heterocycles. The van der Waals surface area contributed by atoms with Gasteiger partial charge in [0.25, 0.3) is 5.91 Å². The summed E-state index contributed by atoms with van der Waals surface area (Å²) in [5.74, 6) is 0.997. The number of nitrogens with zero attached hydrogens (tertiary/aromatic N) is 4. The normalized spacial score (nSPS) is 14.7. The Morgan fingerprint density at radius 2 is 1.93 bits per heavy atom. The number of nitrogen functional groups attached to an aromatic ring is 1. The van der Waals surface area contributed by atoms with E-state index in [-0.39, 0.29) is 5.91 Å². The second-order valence-electron chi connectivity index (χ2n) is 7.21. The van der Waals surface area contributed by atoms with Crippen molar-refractivity contribution in [3.8, 4) is 11.8 Å². The highest BCUT2D eigenvalue weighted by Crippen LogP contribution is 2.25. The number of aromatic nitrogens is 1. The molecule has 1 fully saturated rings. The molecular formula is C21H26ClN5O2. The van der Waals surface area contributed by atoms with Gasteiger partial charge in [0, 0.05) is 50.0 Å². The van der Waals surface area contributed by atoms with Gasteiger partial charge in [0.1, 0.15) is 17.6 Å². The van der Waals surface area contributed by atoms with Gasteiger partial charge in [-0.1, -0.05) is 11.6 Å². The fourth-order valence-corrected chi connectivity index (χ4v) is 3.93. The summed E-state index contributed by atoms with van der Waals surface area (Å²) in [5, 5.41) is 9.79. The average Bonchev–Trinajstić information content (AvgIpc) is 2.94. The molecule has 1 aliphatic heterocycles. The molecule has 0 radical (unpaired) electrons. The maximum absolute atomic E-state index is 12.9. The Hall–Kier alpha value is -2.69. The highest BCUT2D eigenvalue weighted by atomic mass is 35.5. The standard InChI is InChI=1S/C21H26ClN5O2/c1-14-15(2)27(20(24)18(14)13-23)11-8-25-6-9-26(10-7-25)21(28)17-12-16(22)4-5-19(17)29-3/h4-5,12H,6-11,24H2,1-3H3. The third kappa shape index (κ3) is 4.19. The van der Waals surface area contributed by atoms with Crippen molar-refractivity contribution in [3.63, 3.8) is 0 Å². The molecule has 0 aliphatic carbocycles. The van der Waals surface area contributed by atoms with Crippen LogP contribution in [0.5, 0.6) is 5.75 Å². The molecule has 0 bridgehead atoms. The first kappa shape index (κ1) is 21.0. The molecule has 1 amide bonds. The molecule has 7 nitrogen and oxygen atoms in total. The highest BCUT2D eigenvalue weighted by Gasteiger charge is 2.25. The van der Waals surface area contributed by atoms with Crippen molar-refractivity contribution in [2.45, 2.75) is 20.4 Å². The van der Waals surface area contributed by atoms with E-state index in [1.165, 1.54) is 0 Å². The Bertz CT molecular complexity index is 955. The van der Waals surface area contributed by atoms with Crippen LogP contribution in [0.15, 0.2) is 18.2 Å². The van der Waals surface area contributed by atoms with Gasteiger partial charge in [-0.2, -0.15) is 5.26 Å². The third-order valence-corrected chi connectivity index (χ3v) is 5.91. The third-order valence-electron chi connectivity index (χ3n) is 5.67. The predicted molar refractivity (Wildman–Crippen MR) is 113 cm³/mol. The Morgan fingerprint density at radius 3 is 2.52 bits per heavy atom. The van der Waals surface area contributed by atoms with Gasteiger partial charge in [-0.3, -0.25) is 9.69 Å². The lowest BCUT2D eigenvalue weighted by molar-refractivity contribution is 0.0630. The van der Waals surface area contributed by atoms with Gasteiger partial charge in [0.2, 0.25) is 0 Å². The van der Waals surface area contributed by atoms with E-state index in [0.29, 0.717) is 40.8 Å². The second-order valence-corrected chi connectivity index (χ2v) is 7.65. The summed E-state index contributed by atoms with van der Waals surface area (Å²) < 4.78 is 7.31. The molecule has 1 aromatic carbocycles. The van der Waals surface area contributed by atoms with E-state index in [2.05, 4.69) is 11.0 Å². The molecule has 154 valence electrons. The first-order valence-electron chi connectivity index (χ1n) is 9.57. The van der Waals surface area contributed by atoms with Crippen LogP contribution in [0.25, 0.3) is 0 Å². The Kier molecular flexibility index (Phi) is 6.36. The Labute approximate surface area is 176 Å². The average molecular weight is 416 g/mol. The number of ether oxygens (including phenoxy) is 1. The SMILES string of the molecule is COc1ccc(Cl)cc1C(=O)N1CCN(CCn2c(C)c(C)c(C#N)c2N)CC1. The fourth-order valence-electron chi connectivity index (χ4n) is 3.75. The summed E-state index contributed by atoms with van der Waals surface area (Å²) in [4.78, 5) is 17.0. The van der Waals surface area contributed by atoms with Crippen LogP contribution in [-0.4, -0.2) is 60.1 Å². The van der Waals surface area contributed by atoms with Crippen molar-refractivity contribution < 1.29 is 9.53 Å². The number of piperazine rings is 1. The van der Waals surface area contributed by atoms with Gasteiger partial charge >= 0.3 is 0 Å². The lowest BCUT2D eigenvalue weighted by atomic mass is 10.1. The number of carbonyl (C=O) groups excluding carboxylic acids is 1. The summed E-state index contributed by atoms with van der Waals surface area (Å²) in [6, 6.07) is 7.27. The number of methoxy groups -OCH3 is 1. The van der Waals surface area contributed by atoms with Crippen molar-refractivity contribution in [2.75, 3.05) is 45.6 Å². The van der Waals surface area contributed by atoms with E-state index < -0.39 is 0 Å². The summed E-state index contributed by atoms with van der Waals surface area (Å²) in [6.45, 7) is 8.27. The van der Waals surface area contributed by atoms with E-state index in [9.17, 15) is 10.1 Å². The molecule has 2 aromatic rings. The number of carbonyl (C=O) groups is 1. The largest absolute Gasteiger partial charge is 0.496 e. The van der Waals surface area contributed by atoms with Crippen LogP contribution in [0.2, 0.25) is 5.02 Å². The van der Waals surface area contributed by atoms with E-state index >= 15 is 0 Å². The number of rotatable bonds is 5. The molecule has 29 heavy (non-hydrogen) atoms. The smallest absolute Gasteiger partial charge is 0.257 e. The first-order chi connectivity index (χ1) is 13.9. The fraction of sp³-hybridized carbons (Fsp3) is 0.429. The summed E-state index contributed by atoms with van der Waals surface area (Å²) >= 11 is 6.06. The zero-order valence-corrected chi connectivity index (χ0v) is 17.8. The van der Waals surface area contributed by atoms with Crippen molar-refractivity contribution >= 4 is 23.3 Å². The van der Waals surface area contributed by atoms with Gasteiger partial charge < -0.3 is 19.9 Å². The van der Waals surface area contributed by atoms with E-state index in [1.54, 1.807) is 25.3 Å². The van der Waals surface area contributed by atoms with Crippen LogP contribution < -0.4 is 10.5 Å². The maximum Gasteiger partial charge on any atom is 0.257 e. The van der Waals surface area contributed by atoms with Crippen LogP contribution in [-0.2, 0) is 6.54 Å². The highest BCUT2D eigenvalue weighted by molar-refractivity contribution is 6.31. The van der Waals surface area contributed by atoms with Gasteiger partial charge in [-0.05, 0) is 37.6 Å². The molecule has 0 atom stereocenters. The maximum atomic E-state index is 12.9. The second kappa shape index (κ2) is 8.76. The number of anilines is 1. The molecule has 3 rings (SSSR count). The van der Waals surface area contributed by atoms with E-state index in [0.717, 1.165) is 37.4 Å². The Morgan fingerprint density at radius 1 is 1.24 bits per heavy atom. The summed E-state index contributed by atoms with van der Waals surface area (Å²) in [7, 11) is 1.55. The number of amides is 1. The number of hydrogen-bond donors (Lipinski definition) is 1. The minimum atomic E-state index is -0.0659. The number of benzene rings is 1. The van der Waals surface area contributed by atoms with Crippen molar-refractivity contribution in [1.82, 2.24) is 14.4 Å². The molecule has 0 unspecified atom stereocenters. The molecule has 0 saturated carbocycles. The minimum absolute atomic E-state index is 0.0659. The molecule has 0 spiro atoms. The van der Waals surface area contributed by atoms with Gasteiger partial charge in [0.05, 0.1) is 18.2 Å². The van der Waals surface area contributed by atoms with Crippen LogP contribution >= 0.6 is 11.6 Å². The lowest BCUT2D eigenvalue weighted by Gasteiger charge is -2.35.